The Bertz CT molecular complexity index is 1460. The predicted molar refractivity (Wildman–Crippen MR) is 133 cm³/mol. The van der Waals surface area contributed by atoms with Crippen molar-refractivity contribution in [1.82, 2.24) is 4.98 Å². The summed E-state index contributed by atoms with van der Waals surface area (Å²) in [5.41, 5.74) is 3.93. The van der Waals surface area contributed by atoms with Gasteiger partial charge in [-0.2, -0.15) is 0 Å². The number of ether oxygens (including phenoxy) is 2. The zero-order chi connectivity index (χ0) is 24.4. The minimum absolute atomic E-state index is 0.212. The Morgan fingerprint density at radius 3 is 2.46 bits per heavy atom. The van der Waals surface area contributed by atoms with Gasteiger partial charge in [-0.3, -0.25) is 0 Å². The highest BCUT2D eigenvalue weighted by Gasteiger charge is 2.21. The number of benzene rings is 3. The summed E-state index contributed by atoms with van der Waals surface area (Å²) in [6.45, 7) is 5.77. The lowest BCUT2D eigenvalue weighted by Gasteiger charge is -2.09. The molecule has 176 valence electrons. The van der Waals surface area contributed by atoms with Crippen LogP contribution in [0.5, 0.6) is 5.75 Å². The molecule has 0 spiro atoms. The Hall–Kier alpha value is -4.32. The first-order valence-corrected chi connectivity index (χ1v) is 11.5. The van der Waals surface area contributed by atoms with Crippen molar-refractivity contribution >= 4 is 16.9 Å². The van der Waals surface area contributed by atoms with Gasteiger partial charge in [0.25, 0.3) is 0 Å². The van der Waals surface area contributed by atoms with Crippen LogP contribution >= 0.6 is 0 Å². The molecule has 0 aliphatic carbocycles. The van der Waals surface area contributed by atoms with E-state index >= 15 is 0 Å². The maximum absolute atomic E-state index is 12.5. The van der Waals surface area contributed by atoms with Crippen molar-refractivity contribution in [3.63, 3.8) is 0 Å². The van der Waals surface area contributed by atoms with Gasteiger partial charge in [0.05, 0.1) is 12.3 Å². The van der Waals surface area contributed by atoms with Gasteiger partial charge in [-0.05, 0) is 56.7 Å². The van der Waals surface area contributed by atoms with Crippen LogP contribution in [0.4, 0.5) is 0 Å². The molecule has 0 bridgehead atoms. The molecule has 2 aromatic heterocycles. The summed E-state index contributed by atoms with van der Waals surface area (Å²) >= 11 is 0. The molecule has 35 heavy (non-hydrogen) atoms. The number of hydrogen-bond donors (Lipinski definition) is 0. The summed E-state index contributed by atoms with van der Waals surface area (Å²) < 4.78 is 23.0. The molecule has 0 unspecified atom stereocenters. The second-order valence-electron chi connectivity index (χ2n) is 8.53. The molecular formula is C29H25NO5. The molecule has 0 atom stereocenters. The summed E-state index contributed by atoms with van der Waals surface area (Å²) in [7, 11) is 0. The van der Waals surface area contributed by atoms with Crippen LogP contribution in [0.15, 0.2) is 87.8 Å². The van der Waals surface area contributed by atoms with Crippen LogP contribution < -0.4 is 4.74 Å². The summed E-state index contributed by atoms with van der Waals surface area (Å²) in [5, 5.41) is 0.681. The first-order chi connectivity index (χ1) is 17.0. The largest absolute Gasteiger partial charge is 0.489 e. The molecule has 3 aromatic carbocycles. The standard InChI is InChI=1S/C29H25NO5/c1-18(2)33-29(31)27-19(3)34-25-14-13-23(15-24(25)27)32-17-20-9-11-21(12-10-20)26-16-30-28(35-26)22-7-5-4-6-8-22/h4-16,18H,17H2,1-3H3. The van der Waals surface area contributed by atoms with Gasteiger partial charge in [0, 0.05) is 16.5 Å². The van der Waals surface area contributed by atoms with E-state index in [4.69, 9.17) is 18.3 Å². The topological polar surface area (TPSA) is 74.7 Å². The maximum Gasteiger partial charge on any atom is 0.342 e. The Balaban J connectivity index is 1.29. The fourth-order valence-corrected chi connectivity index (χ4v) is 3.87. The molecule has 5 rings (SSSR count). The molecule has 0 aliphatic heterocycles. The first-order valence-electron chi connectivity index (χ1n) is 11.5. The number of furan rings is 1. The molecule has 6 heteroatoms. The van der Waals surface area contributed by atoms with Crippen molar-refractivity contribution in [2.24, 2.45) is 0 Å². The zero-order valence-electron chi connectivity index (χ0n) is 19.8. The third-order valence-corrected chi connectivity index (χ3v) is 5.55. The maximum atomic E-state index is 12.5. The minimum Gasteiger partial charge on any atom is -0.489 e. The quantitative estimate of drug-likeness (QED) is 0.236. The minimum atomic E-state index is -0.396. The van der Waals surface area contributed by atoms with Gasteiger partial charge < -0.3 is 18.3 Å². The average Bonchev–Trinajstić information content (AvgIpc) is 3.47. The molecule has 0 fully saturated rings. The number of fused-ring (bicyclic) bond motifs is 1. The third-order valence-electron chi connectivity index (χ3n) is 5.55. The molecule has 0 aliphatic rings. The van der Waals surface area contributed by atoms with E-state index in [1.807, 2.05) is 80.6 Å². The molecule has 0 saturated heterocycles. The smallest absolute Gasteiger partial charge is 0.342 e. The van der Waals surface area contributed by atoms with Gasteiger partial charge in [0.2, 0.25) is 5.89 Å². The van der Waals surface area contributed by atoms with Crippen molar-refractivity contribution in [1.29, 1.82) is 0 Å². The van der Waals surface area contributed by atoms with E-state index in [2.05, 4.69) is 4.98 Å². The van der Waals surface area contributed by atoms with Crippen LogP contribution in [0.25, 0.3) is 33.7 Å². The first kappa shape index (κ1) is 22.5. The van der Waals surface area contributed by atoms with Crippen LogP contribution in [-0.2, 0) is 11.3 Å². The molecule has 0 radical (unpaired) electrons. The lowest BCUT2D eigenvalue weighted by atomic mass is 10.1. The van der Waals surface area contributed by atoms with E-state index in [-0.39, 0.29) is 6.10 Å². The van der Waals surface area contributed by atoms with Crippen molar-refractivity contribution < 1.29 is 23.1 Å². The number of carbonyl (C=O) groups excluding carboxylic acids is 1. The molecular weight excluding hydrogens is 442 g/mol. The highest BCUT2D eigenvalue weighted by atomic mass is 16.5. The van der Waals surface area contributed by atoms with Gasteiger partial charge in [-0.1, -0.05) is 42.5 Å². The van der Waals surface area contributed by atoms with Crippen LogP contribution in [0, 0.1) is 6.92 Å². The second-order valence-corrected chi connectivity index (χ2v) is 8.53. The van der Waals surface area contributed by atoms with Crippen molar-refractivity contribution in [2.75, 3.05) is 0 Å². The Labute approximate surface area is 203 Å². The van der Waals surface area contributed by atoms with Crippen molar-refractivity contribution in [3.05, 3.63) is 95.9 Å². The number of rotatable bonds is 7. The monoisotopic (exact) mass is 467 g/mol. The molecule has 0 amide bonds. The number of esters is 1. The second kappa shape index (κ2) is 9.50. The lowest BCUT2D eigenvalue weighted by molar-refractivity contribution is 0.0378. The van der Waals surface area contributed by atoms with Crippen LogP contribution in [-0.4, -0.2) is 17.1 Å². The normalized spacial score (nSPS) is 11.2. The predicted octanol–water partition coefficient (Wildman–Crippen LogP) is 7.21. The number of hydrogen-bond acceptors (Lipinski definition) is 6. The van der Waals surface area contributed by atoms with E-state index in [0.29, 0.717) is 46.3 Å². The Kier molecular flexibility index (Phi) is 6.10. The van der Waals surface area contributed by atoms with Crippen molar-refractivity contribution in [3.8, 4) is 28.5 Å². The molecule has 0 N–H and O–H groups in total. The van der Waals surface area contributed by atoms with E-state index in [1.165, 1.54) is 0 Å². The summed E-state index contributed by atoms with van der Waals surface area (Å²) in [6, 6.07) is 23.2. The summed E-state index contributed by atoms with van der Waals surface area (Å²) in [4.78, 5) is 16.9. The zero-order valence-corrected chi connectivity index (χ0v) is 19.8. The third kappa shape index (κ3) is 4.82. The van der Waals surface area contributed by atoms with Crippen LogP contribution in [0.2, 0.25) is 0 Å². The van der Waals surface area contributed by atoms with E-state index in [0.717, 1.165) is 16.7 Å². The fraction of sp³-hybridized carbons (Fsp3) is 0.172. The molecule has 5 aromatic rings. The molecule has 6 nitrogen and oxygen atoms in total. The highest BCUT2D eigenvalue weighted by Crippen LogP contribution is 2.31. The fourth-order valence-electron chi connectivity index (χ4n) is 3.87. The molecule has 2 heterocycles. The van der Waals surface area contributed by atoms with Gasteiger partial charge >= 0.3 is 5.97 Å². The molecule has 0 saturated carbocycles. The SMILES string of the molecule is Cc1oc2ccc(OCc3ccc(-c4cnc(-c5ccccc5)o4)cc3)cc2c1C(=O)OC(C)C. The summed E-state index contributed by atoms with van der Waals surface area (Å²) in [6.07, 6.45) is 1.52. The van der Waals surface area contributed by atoms with Crippen LogP contribution in [0.1, 0.15) is 35.5 Å². The summed E-state index contributed by atoms with van der Waals surface area (Å²) in [5.74, 6) is 2.07. The number of oxazole rings is 1. The highest BCUT2D eigenvalue weighted by molar-refractivity contribution is 6.04. The van der Waals surface area contributed by atoms with Crippen LogP contribution in [0.3, 0.4) is 0 Å². The van der Waals surface area contributed by atoms with Gasteiger partial charge in [0.1, 0.15) is 29.3 Å². The number of aromatic nitrogens is 1. The van der Waals surface area contributed by atoms with Gasteiger partial charge in [0.15, 0.2) is 5.76 Å². The van der Waals surface area contributed by atoms with Crippen molar-refractivity contribution in [2.45, 2.75) is 33.5 Å². The average molecular weight is 468 g/mol. The van der Waals surface area contributed by atoms with Gasteiger partial charge in [-0.25, -0.2) is 9.78 Å². The Morgan fingerprint density at radius 1 is 0.943 bits per heavy atom. The van der Waals surface area contributed by atoms with E-state index in [9.17, 15) is 4.79 Å². The Morgan fingerprint density at radius 2 is 1.71 bits per heavy atom. The van der Waals surface area contributed by atoms with E-state index < -0.39 is 5.97 Å². The van der Waals surface area contributed by atoms with E-state index in [1.54, 1.807) is 19.2 Å². The number of carbonyl (C=O) groups is 1. The number of nitrogens with zero attached hydrogens (tertiary/aromatic N) is 1. The van der Waals surface area contributed by atoms with Gasteiger partial charge in [-0.15, -0.1) is 0 Å². The lowest BCUT2D eigenvalue weighted by Crippen LogP contribution is -2.12. The number of aryl methyl sites for hydroxylation is 1.